The number of nitrogen functional groups attached to an aromatic ring is 1. The third-order valence-electron chi connectivity index (χ3n) is 19.4. The number of fused-ring (bicyclic) bond motifs is 6. The minimum Gasteiger partial charge on any atom is -0.444 e. The highest BCUT2D eigenvalue weighted by atomic mass is 32.2. The molecule has 2 unspecified atom stereocenters. The molecule has 0 saturated carbocycles. The number of aromatic amines is 3. The number of carbonyl (C=O) groups excluding carboxylic acids is 1. The predicted octanol–water partition coefficient (Wildman–Crippen LogP) is 16.9. The number of amides is 1. The second-order valence-electron chi connectivity index (χ2n) is 29.0. The molecule has 5 aromatic heterocycles. The van der Waals surface area contributed by atoms with Crippen molar-refractivity contribution in [1.82, 2.24) is 35.1 Å². The van der Waals surface area contributed by atoms with Crippen LogP contribution in [-0.2, 0) is 18.9 Å². The first kappa shape index (κ1) is 78.7. The quantitative estimate of drug-likeness (QED) is 0.0444. The Labute approximate surface area is 682 Å². The molecule has 27 heteroatoms. The fourth-order valence-electron chi connectivity index (χ4n) is 13.9. The summed E-state index contributed by atoms with van der Waals surface area (Å²) in [5, 5.41) is 10.6. The lowest BCUT2D eigenvalue weighted by Crippen LogP contribution is -2.38. The third kappa shape index (κ3) is 19.3. The van der Waals surface area contributed by atoms with Crippen LogP contribution in [0.4, 0.5) is 38.9 Å². The number of hydrogen-bond acceptors (Lipinski definition) is 23. The van der Waals surface area contributed by atoms with Gasteiger partial charge < -0.3 is 75.2 Å². The first-order valence-corrected chi connectivity index (χ1v) is 42.5. The second-order valence-corrected chi connectivity index (χ2v) is 35.4. The lowest BCUT2D eigenvalue weighted by Gasteiger charge is -2.29. The maximum Gasteiger partial charge on any atom is 0.410 e. The minimum atomic E-state index is -0.583. The summed E-state index contributed by atoms with van der Waals surface area (Å²) in [5.41, 5.74) is 20.4. The van der Waals surface area contributed by atoms with Gasteiger partial charge in [-0.15, -0.1) is 0 Å². The smallest absolute Gasteiger partial charge is 0.410 e. The summed E-state index contributed by atoms with van der Waals surface area (Å²) in [5.74, 6) is 0. The van der Waals surface area contributed by atoms with E-state index in [0.29, 0.717) is 46.2 Å². The molecule has 21 nitrogen and oxygen atoms in total. The van der Waals surface area contributed by atoms with Crippen molar-refractivity contribution in [1.29, 1.82) is 0 Å². The molecule has 3 saturated heterocycles. The average molecular weight is 1630 g/mol. The van der Waals surface area contributed by atoms with Crippen LogP contribution in [-0.4, -0.2) is 148 Å². The molecule has 113 heavy (non-hydrogen) atoms. The van der Waals surface area contributed by atoms with E-state index in [1.54, 1.807) is 107 Å². The molecule has 0 bridgehead atoms. The Bertz CT molecular complexity index is 5510. The van der Waals surface area contributed by atoms with Crippen molar-refractivity contribution in [2.24, 2.45) is 0 Å². The van der Waals surface area contributed by atoms with E-state index in [0.717, 1.165) is 150 Å². The molecule has 17 rings (SSSR count). The molecule has 0 radical (unpaired) electrons. The lowest BCUT2D eigenvalue weighted by molar-refractivity contribution is 0.0291. The summed E-state index contributed by atoms with van der Waals surface area (Å²) in [6.07, 6.45) is 3.28. The van der Waals surface area contributed by atoms with Crippen LogP contribution in [0.2, 0.25) is 0 Å². The number of carbonyl (C=O) groups is 1. The van der Waals surface area contributed by atoms with Crippen LogP contribution in [0.25, 0.3) is 33.8 Å². The molecule has 0 spiro atoms. The topological polar surface area (TPSA) is 253 Å². The first-order chi connectivity index (χ1) is 54.8. The number of likely N-dealkylation sites (N-methyl/N-ethyl adjacent to an activating group) is 2. The maximum atomic E-state index is 12.8. The molecule has 582 valence electrons. The van der Waals surface area contributed by atoms with Crippen LogP contribution in [0.3, 0.4) is 0 Å². The van der Waals surface area contributed by atoms with Gasteiger partial charge in [0.15, 0.2) is 0 Å². The van der Waals surface area contributed by atoms with Crippen molar-refractivity contribution < 1.29 is 23.7 Å². The Morgan fingerprint density at radius 1 is 0.487 bits per heavy atom. The summed E-state index contributed by atoms with van der Waals surface area (Å²) >= 11 is 10.4. The largest absolute Gasteiger partial charge is 0.444 e. The number of aryl methyl sites for hydroxylation is 2. The molecule has 2 atom stereocenters. The van der Waals surface area contributed by atoms with Crippen LogP contribution in [0, 0.1) is 13.8 Å². The van der Waals surface area contributed by atoms with Crippen molar-refractivity contribution in [3.63, 3.8) is 0 Å². The van der Waals surface area contributed by atoms with E-state index in [4.69, 9.17) is 24.7 Å². The van der Waals surface area contributed by atoms with Gasteiger partial charge >= 0.3 is 6.09 Å². The maximum absolute atomic E-state index is 12.8. The van der Waals surface area contributed by atoms with Crippen LogP contribution in [0.1, 0.15) is 55.4 Å². The van der Waals surface area contributed by atoms with E-state index < -0.39 is 5.60 Å². The zero-order chi connectivity index (χ0) is 78.3. The average Bonchev–Trinajstić information content (AvgIpc) is 0.777. The second kappa shape index (κ2) is 35.5. The Morgan fingerprint density at radius 2 is 0.867 bits per heavy atom. The van der Waals surface area contributed by atoms with Gasteiger partial charge in [0.1, 0.15) is 5.60 Å². The number of hydrogen-bond donors (Lipinski definition) is 7. The fraction of sp³-hybridized carbons (Fsp3) is 0.279. The number of nitrogens with two attached hydrogens (primary N) is 1. The molecule has 8 N–H and O–H groups in total. The highest BCUT2D eigenvalue weighted by Gasteiger charge is 2.30. The van der Waals surface area contributed by atoms with E-state index in [-0.39, 0.29) is 34.9 Å². The molecule has 6 aromatic carbocycles. The van der Waals surface area contributed by atoms with Gasteiger partial charge in [0.2, 0.25) is 16.7 Å². The van der Waals surface area contributed by atoms with Crippen LogP contribution >= 0.6 is 70.6 Å². The molecule has 6 aliphatic rings. The third-order valence-corrected chi connectivity index (χ3v) is 27.2. The van der Waals surface area contributed by atoms with E-state index in [1.165, 1.54) is 44.7 Å². The molecule has 1 amide bonds. The van der Waals surface area contributed by atoms with Crippen molar-refractivity contribution in [2.45, 2.75) is 111 Å². The molecule has 11 heterocycles. The van der Waals surface area contributed by atoms with Crippen molar-refractivity contribution in [3.8, 4) is 33.8 Å². The van der Waals surface area contributed by atoms with Gasteiger partial charge in [-0.2, -0.15) is 0 Å². The fourth-order valence-corrected chi connectivity index (χ4v) is 21.2. The van der Waals surface area contributed by atoms with E-state index in [2.05, 4.69) is 172 Å². The summed E-state index contributed by atoms with van der Waals surface area (Å²) < 4.78 is 22.1. The Morgan fingerprint density at radius 3 is 1.26 bits per heavy atom. The summed E-state index contributed by atoms with van der Waals surface area (Å²) in [6, 6.07) is 56.9. The SMILES string of the molecule is CNCC(Nc1ccc2c(c1)Sc1cccc(-c3cc(N4CCOCC4)cc(=O)[nH]3)c1S2)c1cc(C)ccn1.Cc1ccnc(C(CN(C)C(=O)OC(C)(C)C)Nc2ccc3c(c2)Sc2cccc(-c4cc(N5CCOCC5)cc(=O)[nH]4)c2S3)c1.Nc1ccc2c(c1)Sc1cccc(-c3cc(N4CCOCC4)cc(=O)[nH]3)c1S2. The number of rotatable bonds is 16. The van der Waals surface area contributed by atoms with E-state index in [9.17, 15) is 19.2 Å². The molecular weight excluding hydrogens is 1540 g/mol. The zero-order valence-electron chi connectivity index (χ0n) is 63.9. The molecule has 3 fully saturated rings. The number of anilines is 6. The summed E-state index contributed by atoms with van der Waals surface area (Å²) in [4.78, 5) is 91.2. The van der Waals surface area contributed by atoms with Gasteiger partial charge in [0.25, 0.3) is 0 Å². The Balaban J connectivity index is 0.000000137. The highest BCUT2D eigenvalue weighted by molar-refractivity contribution is 8.06. The number of pyridine rings is 5. The van der Waals surface area contributed by atoms with Gasteiger partial charge in [0.05, 0.1) is 80.2 Å². The molecular formula is C86H89N13O8S6. The summed E-state index contributed by atoms with van der Waals surface area (Å²) in [6.45, 7) is 19.6. The number of H-pyrrole nitrogens is 3. The number of ether oxygens (including phenoxy) is 4. The van der Waals surface area contributed by atoms with Crippen LogP contribution < -0.4 is 53.1 Å². The van der Waals surface area contributed by atoms with Gasteiger partial charge in [-0.3, -0.25) is 24.4 Å². The number of benzene rings is 6. The predicted molar refractivity (Wildman–Crippen MR) is 459 cm³/mol. The van der Waals surface area contributed by atoms with E-state index in [1.807, 2.05) is 83.4 Å². The number of nitrogens with one attached hydrogen (secondary N) is 6. The van der Waals surface area contributed by atoms with Crippen LogP contribution in [0.5, 0.6) is 0 Å². The van der Waals surface area contributed by atoms with Gasteiger partial charge in [-0.05, 0) is 168 Å². The van der Waals surface area contributed by atoms with Crippen molar-refractivity contribution in [3.05, 3.63) is 236 Å². The molecule has 0 aliphatic carbocycles. The standard InChI is InChI=1S/C35H39N5O4S2.C30H31N5O2S2.C21H19N3O2S2/c1-22-11-12-36-27(17-22)28(21-39(5)34(42)44-35(2,3)4)37-23-9-10-29-31(18-23)45-30-8-6-7-25(33(30)46-29)26-19-24(20-32(41)38-26)40-13-15-43-16-14-40;1-19-8-9-32-24(14-19)25(18-31-2)33-20-6-7-26-28(15-20)38-27-5-3-4-22(30(27)39-26)23-16-21(17-29(36)34-23)35-10-12-37-13-11-35;22-13-4-5-17-19(10-13)27-18-3-1-2-15(21(18)28-17)16-11-14(12-20(25)23-16)24-6-8-26-9-7-24/h6-12,17-20,28,37H,13-16,21H2,1-5H3,(H,38,41);3-9,14-17,25,31,33H,10-13,18H2,1-2H3,(H,34,36);1-5,10-12H,6-9,22H2,(H,23,25). The Kier molecular flexibility index (Phi) is 24.7. The van der Waals surface area contributed by atoms with Crippen molar-refractivity contribution in [2.75, 3.05) is 137 Å². The van der Waals surface area contributed by atoms with Gasteiger partial charge in [-0.1, -0.05) is 107 Å². The highest BCUT2D eigenvalue weighted by Crippen LogP contribution is 2.55. The van der Waals surface area contributed by atoms with E-state index >= 15 is 0 Å². The van der Waals surface area contributed by atoms with Gasteiger partial charge in [0, 0.05) is 200 Å². The lowest BCUT2D eigenvalue weighted by atomic mass is 10.1. The molecule has 11 aromatic rings. The monoisotopic (exact) mass is 1620 g/mol. The normalized spacial score (nSPS) is 15.3. The van der Waals surface area contributed by atoms with Crippen molar-refractivity contribution >= 4 is 111 Å². The number of morpholine rings is 3. The van der Waals surface area contributed by atoms with Crippen LogP contribution in [0.15, 0.2) is 255 Å². The zero-order valence-corrected chi connectivity index (χ0v) is 68.7. The summed E-state index contributed by atoms with van der Waals surface area (Å²) in [7, 11) is 3.71. The number of aromatic nitrogens is 5. The van der Waals surface area contributed by atoms with Gasteiger partial charge in [-0.25, -0.2) is 4.79 Å². The Hall–Kier alpha value is -9.52. The number of nitrogens with zero attached hydrogens (tertiary/aromatic N) is 6. The first-order valence-electron chi connectivity index (χ1n) is 37.6. The molecule has 6 aliphatic heterocycles. The minimum absolute atomic E-state index is 0.0589.